The van der Waals surface area contributed by atoms with Crippen LogP contribution in [0.3, 0.4) is 0 Å². The fourth-order valence-corrected chi connectivity index (χ4v) is 0.992. The molecule has 0 rings (SSSR count). The van der Waals surface area contributed by atoms with E-state index >= 15 is 0 Å². The van der Waals surface area contributed by atoms with Gasteiger partial charge in [0.05, 0.1) is 6.61 Å². The first-order chi connectivity index (χ1) is 6.20. The van der Waals surface area contributed by atoms with Crippen LogP contribution >= 0.6 is 0 Å². The van der Waals surface area contributed by atoms with Crippen LogP contribution in [0.15, 0.2) is 0 Å². The first-order valence-electron chi connectivity index (χ1n) is 4.61. The highest BCUT2D eigenvalue weighted by Crippen LogP contribution is 1.89. The Morgan fingerprint density at radius 1 is 1.46 bits per heavy atom. The smallest absolute Gasteiger partial charge is 0.222 e. The molecule has 0 aliphatic heterocycles. The quantitative estimate of drug-likeness (QED) is 0.591. The van der Waals surface area contributed by atoms with Crippen LogP contribution in [0.2, 0.25) is 0 Å². The summed E-state index contributed by atoms with van der Waals surface area (Å²) in [6, 6.07) is 0. The molecular formula is C9H20N2O2. The molecular weight excluding hydrogens is 168 g/mol. The van der Waals surface area contributed by atoms with E-state index in [9.17, 15) is 4.79 Å². The second kappa shape index (κ2) is 8.01. The van der Waals surface area contributed by atoms with E-state index in [4.69, 9.17) is 4.74 Å². The van der Waals surface area contributed by atoms with Crippen molar-refractivity contribution in [2.24, 2.45) is 5.92 Å². The van der Waals surface area contributed by atoms with E-state index in [0.717, 1.165) is 13.1 Å². The predicted octanol–water partition coefficient (Wildman–Crippen LogP) is -0.00540. The lowest BCUT2D eigenvalue weighted by Crippen LogP contribution is -2.32. The van der Waals surface area contributed by atoms with Gasteiger partial charge in [0, 0.05) is 20.1 Å². The Hall–Kier alpha value is -0.610. The summed E-state index contributed by atoms with van der Waals surface area (Å²) in [5.74, 6) is 0.529. The van der Waals surface area contributed by atoms with Crippen molar-refractivity contribution >= 4 is 5.91 Å². The van der Waals surface area contributed by atoms with Gasteiger partial charge in [0.25, 0.3) is 0 Å². The topological polar surface area (TPSA) is 50.4 Å². The molecule has 0 heterocycles. The second-order valence-electron chi connectivity index (χ2n) is 3.21. The number of rotatable bonds is 7. The summed E-state index contributed by atoms with van der Waals surface area (Å²) in [7, 11) is 3.50. The van der Waals surface area contributed by atoms with Gasteiger partial charge >= 0.3 is 0 Å². The molecule has 1 atom stereocenters. The summed E-state index contributed by atoms with van der Waals surface area (Å²) in [6.07, 6.45) is 0.447. The summed E-state index contributed by atoms with van der Waals surface area (Å²) in [5, 5.41) is 5.90. The molecule has 0 spiro atoms. The Kier molecular flexibility index (Phi) is 7.63. The van der Waals surface area contributed by atoms with Crippen LogP contribution in [0, 0.1) is 5.92 Å². The standard InChI is InChI=1S/C9H20N2O2/c1-8(6-10-2)7-11-9(12)4-5-13-3/h8,10H,4-7H2,1-3H3,(H,11,12). The second-order valence-corrected chi connectivity index (χ2v) is 3.21. The highest BCUT2D eigenvalue weighted by atomic mass is 16.5. The number of hydrogen-bond acceptors (Lipinski definition) is 3. The van der Waals surface area contributed by atoms with Crippen LogP contribution < -0.4 is 10.6 Å². The van der Waals surface area contributed by atoms with Gasteiger partial charge in [-0.15, -0.1) is 0 Å². The first-order valence-corrected chi connectivity index (χ1v) is 4.61. The van der Waals surface area contributed by atoms with Gasteiger partial charge in [0.2, 0.25) is 5.91 Å². The van der Waals surface area contributed by atoms with Crippen molar-refractivity contribution in [2.45, 2.75) is 13.3 Å². The monoisotopic (exact) mass is 188 g/mol. The summed E-state index contributed by atoms with van der Waals surface area (Å²) in [6.45, 7) is 4.23. The van der Waals surface area contributed by atoms with Gasteiger partial charge in [-0.2, -0.15) is 0 Å². The summed E-state index contributed by atoms with van der Waals surface area (Å²) >= 11 is 0. The number of amides is 1. The van der Waals surface area contributed by atoms with Crippen LogP contribution in [-0.4, -0.2) is 39.8 Å². The van der Waals surface area contributed by atoms with E-state index in [-0.39, 0.29) is 5.91 Å². The third kappa shape index (κ3) is 7.74. The normalized spacial score (nSPS) is 12.5. The predicted molar refractivity (Wildman–Crippen MR) is 52.6 cm³/mol. The maximum absolute atomic E-state index is 11.1. The molecule has 0 aromatic carbocycles. The van der Waals surface area contributed by atoms with Gasteiger partial charge in [-0.3, -0.25) is 4.79 Å². The Balaban J connectivity index is 3.34. The Bertz CT molecular complexity index is 140. The average Bonchev–Trinajstić information content (AvgIpc) is 2.12. The van der Waals surface area contributed by atoms with E-state index in [1.165, 1.54) is 0 Å². The van der Waals surface area contributed by atoms with Crippen LogP contribution in [0.4, 0.5) is 0 Å². The molecule has 0 aliphatic carbocycles. The van der Waals surface area contributed by atoms with E-state index in [0.29, 0.717) is 18.9 Å². The Morgan fingerprint density at radius 3 is 2.69 bits per heavy atom. The van der Waals surface area contributed by atoms with Crippen LogP contribution in [0.5, 0.6) is 0 Å². The molecule has 0 aromatic heterocycles. The maximum atomic E-state index is 11.1. The molecule has 0 saturated heterocycles. The number of carbonyl (C=O) groups excluding carboxylic acids is 1. The van der Waals surface area contributed by atoms with E-state index in [2.05, 4.69) is 17.6 Å². The molecule has 0 radical (unpaired) electrons. The molecule has 13 heavy (non-hydrogen) atoms. The van der Waals surface area contributed by atoms with E-state index < -0.39 is 0 Å². The molecule has 1 unspecified atom stereocenters. The molecule has 2 N–H and O–H groups in total. The van der Waals surface area contributed by atoms with Crippen molar-refractivity contribution in [1.82, 2.24) is 10.6 Å². The highest BCUT2D eigenvalue weighted by molar-refractivity contribution is 5.75. The van der Waals surface area contributed by atoms with Crippen molar-refractivity contribution in [3.05, 3.63) is 0 Å². The fraction of sp³-hybridized carbons (Fsp3) is 0.889. The molecule has 0 aliphatic rings. The minimum atomic E-state index is 0.0600. The van der Waals surface area contributed by atoms with Crippen molar-refractivity contribution in [3.8, 4) is 0 Å². The largest absolute Gasteiger partial charge is 0.384 e. The molecule has 1 amide bonds. The minimum absolute atomic E-state index is 0.0600. The van der Waals surface area contributed by atoms with Gasteiger partial charge in [-0.25, -0.2) is 0 Å². The molecule has 4 heteroatoms. The van der Waals surface area contributed by atoms with E-state index in [1.807, 2.05) is 7.05 Å². The number of methoxy groups -OCH3 is 1. The molecule has 0 fully saturated rings. The van der Waals surface area contributed by atoms with Gasteiger partial charge in [0.1, 0.15) is 0 Å². The Labute approximate surface area is 80.0 Å². The zero-order valence-corrected chi connectivity index (χ0v) is 8.72. The van der Waals surface area contributed by atoms with Gasteiger partial charge < -0.3 is 15.4 Å². The lowest BCUT2D eigenvalue weighted by atomic mass is 10.2. The van der Waals surface area contributed by atoms with Gasteiger partial charge in [-0.05, 0) is 19.5 Å². The molecule has 0 saturated carbocycles. The van der Waals surface area contributed by atoms with Crippen LogP contribution in [0.1, 0.15) is 13.3 Å². The lowest BCUT2D eigenvalue weighted by Gasteiger charge is -2.11. The molecule has 78 valence electrons. The fourth-order valence-electron chi connectivity index (χ4n) is 0.992. The number of carbonyl (C=O) groups is 1. The highest BCUT2D eigenvalue weighted by Gasteiger charge is 2.03. The van der Waals surface area contributed by atoms with Crippen molar-refractivity contribution in [2.75, 3.05) is 33.9 Å². The lowest BCUT2D eigenvalue weighted by molar-refractivity contribution is -0.122. The van der Waals surface area contributed by atoms with Crippen LogP contribution in [-0.2, 0) is 9.53 Å². The zero-order valence-electron chi connectivity index (χ0n) is 8.72. The molecule has 4 nitrogen and oxygen atoms in total. The maximum Gasteiger partial charge on any atom is 0.222 e. The van der Waals surface area contributed by atoms with E-state index in [1.54, 1.807) is 7.11 Å². The molecule has 0 bridgehead atoms. The minimum Gasteiger partial charge on any atom is -0.384 e. The Morgan fingerprint density at radius 2 is 2.15 bits per heavy atom. The third-order valence-corrected chi connectivity index (χ3v) is 1.73. The third-order valence-electron chi connectivity index (χ3n) is 1.73. The summed E-state index contributed by atoms with van der Waals surface area (Å²) in [5.41, 5.74) is 0. The van der Waals surface area contributed by atoms with Crippen molar-refractivity contribution in [1.29, 1.82) is 0 Å². The van der Waals surface area contributed by atoms with Crippen molar-refractivity contribution in [3.63, 3.8) is 0 Å². The summed E-state index contributed by atoms with van der Waals surface area (Å²) < 4.78 is 4.79. The molecule has 0 aromatic rings. The number of nitrogens with one attached hydrogen (secondary N) is 2. The SMILES string of the molecule is CNCC(C)CNC(=O)CCOC. The number of ether oxygens (including phenoxy) is 1. The van der Waals surface area contributed by atoms with Gasteiger partial charge in [-0.1, -0.05) is 6.92 Å². The first kappa shape index (κ1) is 12.4. The van der Waals surface area contributed by atoms with Crippen molar-refractivity contribution < 1.29 is 9.53 Å². The van der Waals surface area contributed by atoms with Crippen LogP contribution in [0.25, 0.3) is 0 Å². The summed E-state index contributed by atoms with van der Waals surface area (Å²) in [4.78, 5) is 11.1. The number of hydrogen-bond donors (Lipinski definition) is 2. The van der Waals surface area contributed by atoms with Gasteiger partial charge in [0.15, 0.2) is 0 Å². The average molecular weight is 188 g/mol. The zero-order chi connectivity index (χ0) is 10.1.